The van der Waals surface area contributed by atoms with Crippen molar-refractivity contribution in [2.45, 2.75) is 30.7 Å². The molecular weight excluding hydrogens is 264 g/mol. The number of rotatable bonds is 4. The van der Waals surface area contributed by atoms with Crippen LogP contribution in [0.3, 0.4) is 0 Å². The summed E-state index contributed by atoms with van der Waals surface area (Å²) in [6.45, 7) is 3.40. The maximum Gasteiger partial charge on any atom is 0.252 e. The molecule has 1 aromatic rings. The van der Waals surface area contributed by atoms with Crippen LogP contribution in [-0.2, 0) is 9.84 Å². The first-order chi connectivity index (χ1) is 8.72. The van der Waals surface area contributed by atoms with E-state index in [0.717, 1.165) is 6.26 Å². The zero-order valence-corrected chi connectivity index (χ0v) is 11.9. The summed E-state index contributed by atoms with van der Waals surface area (Å²) in [7, 11) is -3.36. The number of nitrogens with one attached hydrogen (secondary N) is 1. The van der Waals surface area contributed by atoms with Crippen molar-refractivity contribution >= 4 is 15.7 Å². The molecule has 0 saturated heterocycles. The van der Waals surface area contributed by atoms with Crippen molar-refractivity contribution in [1.29, 1.82) is 5.26 Å². The lowest BCUT2D eigenvalue weighted by Crippen LogP contribution is -2.44. The lowest BCUT2D eigenvalue weighted by Gasteiger charge is -2.21. The zero-order chi connectivity index (χ0) is 14.7. The number of benzene rings is 1. The standard InChI is InChI=1S/C13H16N2O3S/c1-4-13(2,9-14)15-12(16)10-6-5-7-11(8-10)19(3,17)18/h5-8H,4H2,1-3H3,(H,15,16)/t13-/m1/s1. The summed E-state index contributed by atoms with van der Waals surface area (Å²) in [6.07, 6.45) is 1.54. The Labute approximate surface area is 113 Å². The van der Waals surface area contributed by atoms with Crippen molar-refractivity contribution in [1.82, 2.24) is 5.32 Å². The molecule has 1 rings (SSSR count). The van der Waals surface area contributed by atoms with Gasteiger partial charge in [-0.1, -0.05) is 13.0 Å². The van der Waals surface area contributed by atoms with Crippen LogP contribution < -0.4 is 5.32 Å². The molecule has 0 aliphatic heterocycles. The fourth-order valence-electron chi connectivity index (χ4n) is 1.39. The number of hydrogen-bond acceptors (Lipinski definition) is 4. The lowest BCUT2D eigenvalue weighted by molar-refractivity contribution is 0.0923. The van der Waals surface area contributed by atoms with E-state index in [4.69, 9.17) is 5.26 Å². The van der Waals surface area contributed by atoms with E-state index >= 15 is 0 Å². The number of amides is 1. The van der Waals surface area contributed by atoms with Crippen molar-refractivity contribution in [3.05, 3.63) is 29.8 Å². The largest absolute Gasteiger partial charge is 0.334 e. The van der Waals surface area contributed by atoms with E-state index in [9.17, 15) is 13.2 Å². The third kappa shape index (κ3) is 3.80. The molecule has 6 heteroatoms. The molecule has 0 bridgehead atoms. The molecule has 5 nitrogen and oxygen atoms in total. The Bertz CT molecular complexity index is 632. The maximum absolute atomic E-state index is 12.0. The Morgan fingerprint density at radius 2 is 2.11 bits per heavy atom. The van der Waals surface area contributed by atoms with Crippen LogP contribution in [0, 0.1) is 11.3 Å². The highest BCUT2D eigenvalue weighted by Crippen LogP contribution is 2.13. The van der Waals surface area contributed by atoms with Crippen LogP contribution in [0.25, 0.3) is 0 Å². The van der Waals surface area contributed by atoms with Crippen LogP contribution in [-0.4, -0.2) is 26.1 Å². The Morgan fingerprint density at radius 1 is 1.47 bits per heavy atom. The van der Waals surface area contributed by atoms with E-state index in [1.54, 1.807) is 13.8 Å². The third-order valence-corrected chi connectivity index (χ3v) is 3.98. The molecule has 0 unspecified atom stereocenters. The highest BCUT2D eigenvalue weighted by atomic mass is 32.2. The molecule has 0 spiro atoms. The number of hydrogen-bond donors (Lipinski definition) is 1. The Kier molecular flexibility index (Phi) is 4.32. The van der Waals surface area contributed by atoms with Gasteiger partial charge in [-0.25, -0.2) is 8.42 Å². The predicted octanol–water partition coefficient (Wildman–Crippen LogP) is 1.51. The number of nitriles is 1. The van der Waals surface area contributed by atoms with Gasteiger partial charge < -0.3 is 5.32 Å². The van der Waals surface area contributed by atoms with Gasteiger partial charge in [-0.2, -0.15) is 5.26 Å². The summed E-state index contributed by atoms with van der Waals surface area (Å²) in [6, 6.07) is 7.77. The first-order valence-electron chi connectivity index (χ1n) is 5.76. The minimum atomic E-state index is -3.36. The van der Waals surface area contributed by atoms with Gasteiger partial charge in [-0.15, -0.1) is 0 Å². The molecule has 1 N–H and O–H groups in total. The number of sulfone groups is 1. The average molecular weight is 280 g/mol. The minimum Gasteiger partial charge on any atom is -0.334 e. The molecule has 0 saturated carbocycles. The molecule has 1 atom stereocenters. The van der Waals surface area contributed by atoms with Crippen molar-refractivity contribution in [2.75, 3.05) is 6.26 Å². The van der Waals surface area contributed by atoms with Gasteiger partial charge in [0.1, 0.15) is 5.54 Å². The second-order valence-electron chi connectivity index (χ2n) is 4.55. The first-order valence-corrected chi connectivity index (χ1v) is 7.65. The molecule has 1 amide bonds. The van der Waals surface area contributed by atoms with E-state index < -0.39 is 21.3 Å². The Hall–Kier alpha value is -1.87. The molecule has 19 heavy (non-hydrogen) atoms. The first kappa shape index (κ1) is 15.2. The van der Waals surface area contributed by atoms with E-state index in [1.165, 1.54) is 24.3 Å². The normalized spacial score (nSPS) is 14.2. The molecule has 0 radical (unpaired) electrons. The number of carbonyl (C=O) groups is 1. The van der Waals surface area contributed by atoms with Crippen molar-refractivity contribution in [2.24, 2.45) is 0 Å². The number of nitrogens with zero attached hydrogens (tertiary/aromatic N) is 1. The highest BCUT2D eigenvalue weighted by Gasteiger charge is 2.24. The molecule has 0 aliphatic carbocycles. The molecular formula is C13H16N2O3S. The molecule has 0 aliphatic rings. The SMILES string of the molecule is CC[C@](C)(C#N)NC(=O)c1cccc(S(C)(=O)=O)c1. The summed E-state index contributed by atoms with van der Waals surface area (Å²) in [5.74, 6) is -0.462. The second kappa shape index (κ2) is 5.41. The van der Waals surface area contributed by atoms with Crippen LogP contribution in [0.4, 0.5) is 0 Å². The topological polar surface area (TPSA) is 87.0 Å². The van der Waals surface area contributed by atoms with E-state index in [2.05, 4.69) is 5.32 Å². The molecule has 0 heterocycles. The Morgan fingerprint density at radius 3 is 2.58 bits per heavy atom. The summed E-state index contributed by atoms with van der Waals surface area (Å²) in [4.78, 5) is 12.1. The monoisotopic (exact) mass is 280 g/mol. The molecule has 102 valence electrons. The minimum absolute atomic E-state index is 0.0790. The maximum atomic E-state index is 12.0. The van der Waals surface area contributed by atoms with Gasteiger partial charge in [-0.3, -0.25) is 4.79 Å². The van der Waals surface area contributed by atoms with Gasteiger partial charge in [0.15, 0.2) is 9.84 Å². The summed E-state index contributed by atoms with van der Waals surface area (Å²) < 4.78 is 22.8. The van der Waals surface area contributed by atoms with Gasteiger partial charge in [-0.05, 0) is 31.5 Å². The highest BCUT2D eigenvalue weighted by molar-refractivity contribution is 7.90. The second-order valence-corrected chi connectivity index (χ2v) is 6.57. The van der Waals surface area contributed by atoms with Gasteiger partial charge in [0, 0.05) is 11.8 Å². The van der Waals surface area contributed by atoms with Gasteiger partial charge >= 0.3 is 0 Å². The van der Waals surface area contributed by atoms with Crippen LogP contribution >= 0.6 is 0 Å². The Balaban J connectivity index is 3.06. The summed E-state index contributed by atoms with van der Waals surface area (Å²) in [5.41, 5.74) is -0.740. The molecule has 0 aromatic heterocycles. The van der Waals surface area contributed by atoms with E-state index in [0.29, 0.717) is 6.42 Å². The lowest BCUT2D eigenvalue weighted by atomic mass is 10.0. The number of carbonyl (C=O) groups excluding carboxylic acids is 1. The zero-order valence-electron chi connectivity index (χ0n) is 11.1. The summed E-state index contributed by atoms with van der Waals surface area (Å²) in [5, 5.41) is 11.6. The smallest absolute Gasteiger partial charge is 0.252 e. The van der Waals surface area contributed by atoms with E-state index in [1.807, 2.05) is 6.07 Å². The predicted molar refractivity (Wildman–Crippen MR) is 71.3 cm³/mol. The van der Waals surface area contributed by atoms with Gasteiger partial charge in [0.05, 0.1) is 11.0 Å². The third-order valence-electron chi connectivity index (χ3n) is 2.87. The average Bonchev–Trinajstić information content (AvgIpc) is 2.37. The fraction of sp³-hybridized carbons (Fsp3) is 0.385. The molecule has 1 aromatic carbocycles. The summed E-state index contributed by atoms with van der Waals surface area (Å²) >= 11 is 0. The van der Waals surface area contributed by atoms with E-state index in [-0.39, 0.29) is 10.5 Å². The van der Waals surface area contributed by atoms with Gasteiger partial charge in [0.2, 0.25) is 0 Å². The van der Waals surface area contributed by atoms with Crippen molar-refractivity contribution in [3.8, 4) is 6.07 Å². The van der Waals surface area contributed by atoms with Crippen LogP contribution in [0.1, 0.15) is 30.6 Å². The molecule has 0 fully saturated rings. The van der Waals surface area contributed by atoms with Gasteiger partial charge in [0.25, 0.3) is 5.91 Å². The fourth-order valence-corrected chi connectivity index (χ4v) is 2.05. The van der Waals surface area contributed by atoms with Crippen LogP contribution in [0.5, 0.6) is 0 Å². The quantitative estimate of drug-likeness (QED) is 0.905. The van der Waals surface area contributed by atoms with Crippen molar-refractivity contribution < 1.29 is 13.2 Å². The van der Waals surface area contributed by atoms with Crippen molar-refractivity contribution in [3.63, 3.8) is 0 Å². The van der Waals surface area contributed by atoms with Crippen LogP contribution in [0.15, 0.2) is 29.2 Å². The van der Waals surface area contributed by atoms with Crippen LogP contribution in [0.2, 0.25) is 0 Å².